The highest BCUT2D eigenvalue weighted by Gasteiger charge is 2.31. The van der Waals surface area contributed by atoms with Gasteiger partial charge >= 0.3 is 0 Å². The topological polar surface area (TPSA) is 526 Å². The summed E-state index contributed by atoms with van der Waals surface area (Å²) in [7, 11) is 6.98. The lowest BCUT2D eigenvalue weighted by atomic mass is 9.93. The van der Waals surface area contributed by atoms with Crippen LogP contribution in [-0.4, -0.2) is 262 Å². The summed E-state index contributed by atoms with van der Waals surface area (Å²) < 4.78 is 42.9. The molecule has 4 aliphatic heterocycles. The summed E-state index contributed by atoms with van der Waals surface area (Å²) in [5.74, 6) is 0.874. The van der Waals surface area contributed by atoms with Gasteiger partial charge in [-0.15, -0.1) is 0 Å². The summed E-state index contributed by atoms with van der Waals surface area (Å²) >= 11 is 0. The maximum absolute atomic E-state index is 11.7. The molecule has 8 atom stereocenters. The molecule has 0 spiro atoms. The lowest BCUT2D eigenvalue weighted by Gasteiger charge is -2.29. The molecule has 8 heterocycles. The smallest absolute Gasteiger partial charge is 0.254 e. The Morgan fingerprint density at radius 3 is 0.673 bits per heavy atom. The molecule has 4 saturated carbocycles. The minimum atomic E-state index is -0.600. The van der Waals surface area contributed by atoms with Gasteiger partial charge in [-0.05, 0) is 128 Å². The molecule has 0 aromatic carbocycles. The first-order valence-electron chi connectivity index (χ1n) is 36.1. The van der Waals surface area contributed by atoms with Crippen LogP contribution in [0.5, 0.6) is 0 Å². The maximum Gasteiger partial charge on any atom is 0.254 e. The third-order valence-corrected chi connectivity index (χ3v) is 19.7. The first-order chi connectivity index (χ1) is 50.2. The molecule has 4 aromatic rings. The number of methoxy groups -OCH3 is 4. The first-order valence-corrected chi connectivity index (χ1v) is 36.1. The van der Waals surface area contributed by atoms with E-state index in [-0.39, 0.29) is 70.6 Å². The van der Waals surface area contributed by atoms with E-state index in [4.69, 9.17) is 60.8 Å². The van der Waals surface area contributed by atoms with Crippen molar-refractivity contribution >= 4 is 70.7 Å². The van der Waals surface area contributed by atoms with E-state index in [1.165, 1.54) is 24.8 Å². The molecular weight excluding hydrogens is 1350 g/mol. The quantitative estimate of drug-likeness (QED) is 0.0477. The second-order valence-corrected chi connectivity index (χ2v) is 27.8. The van der Waals surface area contributed by atoms with Crippen molar-refractivity contribution in [2.75, 3.05) is 124 Å². The minimum absolute atomic E-state index is 0.142. The third kappa shape index (κ3) is 25.2. The number of aromatic nitrogens is 8. The van der Waals surface area contributed by atoms with Gasteiger partial charge < -0.3 is 124 Å². The van der Waals surface area contributed by atoms with E-state index in [2.05, 4.69) is 82.4 Å². The maximum atomic E-state index is 11.7. The van der Waals surface area contributed by atoms with Crippen LogP contribution in [0.4, 0.5) is 47.1 Å². The number of aliphatic hydroxyl groups is 4. The van der Waals surface area contributed by atoms with Crippen molar-refractivity contribution in [3.63, 3.8) is 0 Å². The van der Waals surface area contributed by atoms with Crippen LogP contribution in [-0.2, 0) is 37.9 Å². The van der Waals surface area contributed by atoms with Gasteiger partial charge in [-0.3, -0.25) is 19.2 Å². The number of nitrogens with one attached hydrogen (secondary N) is 8. The number of rotatable bonds is 24. The zero-order valence-electron chi connectivity index (χ0n) is 59.9. The van der Waals surface area contributed by atoms with E-state index in [1.54, 1.807) is 28.4 Å². The summed E-state index contributed by atoms with van der Waals surface area (Å²) in [6, 6.07) is 0.519. The van der Waals surface area contributed by atoms with Gasteiger partial charge in [-0.25, -0.2) is 19.9 Å². The zero-order valence-corrected chi connectivity index (χ0v) is 59.9. The van der Waals surface area contributed by atoms with Crippen molar-refractivity contribution in [1.29, 1.82) is 0 Å². The fourth-order valence-electron chi connectivity index (χ4n) is 13.9. The van der Waals surface area contributed by atoms with Crippen LogP contribution in [0.1, 0.15) is 170 Å². The number of hydrogen-bond acceptors (Lipinski definition) is 32. The molecule has 4 saturated heterocycles. The molecule has 104 heavy (non-hydrogen) atoms. The van der Waals surface area contributed by atoms with Gasteiger partial charge in [0.25, 0.3) is 23.6 Å². The van der Waals surface area contributed by atoms with Crippen molar-refractivity contribution in [1.82, 2.24) is 39.9 Å². The second kappa shape index (κ2) is 40.6. The molecule has 36 nitrogen and oxygen atoms in total. The Balaban J connectivity index is 0.000000161. The number of hydrogen-bond donors (Lipinski definition) is 16. The van der Waals surface area contributed by atoms with Gasteiger partial charge in [0.15, 0.2) is 0 Å². The number of carbonyl (C=O) groups excluding carboxylic acids is 4. The highest BCUT2D eigenvalue weighted by molar-refractivity contribution is 5.99. The van der Waals surface area contributed by atoms with E-state index in [0.29, 0.717) is 150 Å². The van der Waals surface area contributed by atoms with Gasteiger partial charge in [0.1, 0.15) is 23.3 Å². The summed E-state index contributed by atoms with van der Waals surface area (Å²) in [6.07, 6.45) is 22.7. The Kier molecular flexibility index (Phi) is 31.3. The molecule has 12 rings (SSSR count). The summed E-state index contributed by atoms with van der Waals surface area (Å²) in [4.78, 5) is 81.4. The van der Waals surface area contributed by atoms with Crippen molar-refractivity contribution in [2.24, 2.45) is 22.9 Å². The Morgan fingerprint density at radius 2 is 0.510 bits per heavy atom. The molecule has 20 N–H and O–H groups in total. The number of amides is 4. The fourth-order valence-corrected chi connectivity index (χ4v) is 13.9. The monoisotopic (exact) mass is 1460 g/mol. The molecule has 576 valence electrons. The Bertz CT molecular complexity index is 2910. The van der Waals surface area contributed by atoms with Crippen molar-refractivity contribution in [2.45, 2.75) is 226 Å². The van der Waals surface area contributed by atoms with Crippen LogP contribution < -0.4 is 65.5 Å². The average molecular weight is 1460 g/mol. The van der Waals surface area contributed by atoms with Crippen LogP contribution in [0.3, 0.4) is 0 Å². The van der Waals surface area contributed by atoms with Gasteiger partial charge in [-0.1, -0.05) is 0 Å². The molecule has 0 unspecified atom stereocenters. The number of ether oxygens (including phenoxy) is 8. The summed E-state index contributed by atoms with van der Waals surface area (Å²) in [5, 5.41) is 64.9. The molecular formula is C68H108N20O16. The number of nitrogens with zero attached hydrogens (tertiary/aromatic N) is 8. The van der Waals surface area contributed by atoms with Crippen molar-refractivity contribution in [3.8, 4) is 0 Å². The predicted octanol–water partition coefficient (Wildman–Crippen LogP) is 2.03. The van der Waals surface area contributed by atoms with Gasteiger partial charge in [0.05, 0.1) is 148 Å². The molecule has 4 amide bonds. The summed E-state index contributed by atoms with van der Waals surface area (Å²) in [5.41, 5.74) is 22.6. The van der Waals surface area contributed by atoms with Crippen molar-refractivity contribution in [3.05, 3.63) is 47.0 Å². The van der Waals surface area contributed by atoms with Crippen LogP contribution in [0.2, 0.25) is 0 Å². The number of carbonyl (C=O) groups is 4. The Labute approximate surface area is 605 Å². The zero-order chi connectivity index (χ0) is 74.1. The number of primary amides is 4. The average Bonchev–Trinajstić information content (AvgIpc) is 0.843. The molecule has 36 heteroatoms. The van der Waals surface area contributed by atoms with Gasteiger partial charge in [0.2, 0.25) is 23.8 Å². The van der Waals surface area contributed by atoms with Crippen molar-refractivity contribution < 1.29 is 77.5 Å². The molecule has 8 fully saturated rings. The molecule has 0 bridgehead atoms. The van der Waals surface area contributed by atoms with E-state index in [9.17, 15) is 39.6 Å². The fraction of sp³-hybridized carbons (Fsp3) is 0.706. The largest absolute Gasteiger partial charge is 0.391 e. The molecule has 0 radical (unpaired) electrons. The molecule has 4 aromatic heterocycles. The predicted molar refractivity (Wildman–Crippen MR) is 384 cm³/mol. The lowest BCUT2D eigenvalue weighted by molar-refractivity contribution is -0.0118. The van der Waals surface area contributed by atoms with Crippen LogP contribution >= 0.6 is 0 Å². The third-order valence-electron chi connectivity index (χ3n) is 19.7. The van der Waals surface area contributed by atoms with Gasteiger partial charge in [-0.2, -0.15) is 19.9 Å². The summed E-state index contributed by atoms with van der Waals surface area (Å²) in [6.45, 7) is 3.02. The highest BCUT2D eigenvalue weighted by Crippen LogP contribution is 2.30. The first kappa shape index (κ1) is 80.2. The van der Waals surface area contributed by atoms with E-state index < -0.39 is 48.0 Å². The van der Waals surface area contributed by atoms with E-state index in [1.807, 2.05) is 0 Å². The van der Waals surface area contributed by atoms with Crippen LogP contribution in [0, 0.1) is 0 Å². The lowest BCUT2D eigenvalue weighted by Crippen LogP contribution is -2.38. The van der Waals surface area contributed by atoms with Crippen LogP contribution in [0.25, 0.3) is 0 Å². The highest BCUT2D eigenvalue weighted by atomic mass is 16.5. The number of nitrogens with two attached hydrogens (primary N) is 4. The molecule has 4 aliphatic carbocycles. The standard InChI is InChI=1S/4C17H27N5O4/c4*1-25-13-4-2-10(3-5-13)21-17-19-7-14(15(18)24)16(22-17)20-11-6-12(23)9-26-8-11/h4*7,10-13,23H,2-6,8-9H2,1H3,(H2,18,24)(H2,19,20,21,22)/t2*10?,11-,12+,13?;2*10?,11-,12-,13?/m1010/s1. The van der Waals surface area contributed by atoms with E-state index in [0.717, 1.165) is 103 Å². The Morgan fingerprint density at radius 1 is 0.317 bits per heavy atom. The van der Waals surface area contributed by atoms with Gasteiger partial charge in [0, 0.05) is 77.4 Å². The SMILES string of the molecule is COC1CCC(Nc2ncc(C(N)=O)c(N[C@@H]3COC[C@@H](O)C3)n2)CC1.COC1CCC(Nc2ncc(C(N)=O)c(N[C@@H]3COC[C@H](O)C3)n2)CC1.COC1CCC(Nc2ncc(C(N)=O)c(N[C@H]3COC[C@@H](O)C3)n2)CC1.COC1CCC(Nc2ncc(C(N)=O)c(N[C@H]3COC[C@H](O)C3)n2)CC1. The second-order valence-electron chi connectivity index (χ2n) is 27.8. The van der Waals surface area contributed by atoms with Crippen LogP contribution in [0.15, 0.2) is 24.8 Å². The Hall–Kier alpha value is -7.88. The normalized spacial score (nSPS) is 29.2. The number of anilines is 8. The molecule has 8 aliphatic rings. The minimum Gasteiger partial charge on any atom is -0.391 e. The van der Waals surface area contributed by atoms with E-state index >= 15 is 0 Å². The number of aliphatic hydroxyl groups excluding tert-OH is 4.